The topological polar surface area (TPSA) is 82.3 Å². The van der Waals surface area contributed by atoms with E-state index in [1.54, 1.807) is 18.6 Å². The Kier molecular flexibility index (Phi) is 3.28. The van der Waals surface area contributed by atoms with Crippen LogP contribution in [0.3, 0.4) is 0 Å². The third-order valence-electron chi connectivity index (χ3n) is 3.28. The summed E-state index contributed by atoms with van der Waals surface area (Å²) in [6.07, 6.45) is 6.73. The lowest BCUT2D eigenvalue weighted by atomic mass is 10.1. The molecule has 0 aliphatic carbocycles. The smallest absolute Gasteiger partial charge is 0.223 e. The number of pyridine rings is 1. The molecule has 1 aromatic carbocycles. The highest BCUT2D eigenvalue weighted by Gasteiger charge is 2.09. The van der Waals surface area contributed by atoms with Crippen LogP contribution in [-0.2, 0) is 0 Å². The van der Waals surface area contributed by atoms with Crippen molar-refractivity contribution >= 4 is 0 Å². The van der Waals surface area contributed by atoms with Crippen LogP contribution in [0.15, 0.2) is 67.4 Å². The number of tetrazole rings is 1. The molecular weight excluding hydrogens is 290 g/mol. The van der Waals surface area contributed by atoms with E-state index in [-0.39, 0.29) is 0 Å². The number of nitrogens with zero attached hydrogens (tertiary/aromatic N) is 7. The molecule has 0 bridgehead atoms. The maximum Gasteiger partial charge on any atom is 0.223 e. The van der Waals surface area contributed by atoms with E-state index in [2.05, 4.69) is 30.4 Å². The summed E-state index contributed by atoms with van der Waals surface area (Å²) in [6, 6.07) is 13.4. The molecule has 0 N–H and O–H groups in total. The minimum Gasteiger partial charge on any atom is -0.253 e. The van der Waals surface area contributed by atoms with Crippen molar-refractivity contribution in [3.8, 4) is 28.3 Å². The first-order valence-corrected chi connectivity index (χ1v) is 6.97. The van der Waals surface area contributed by atoms with Gasteiger partial charge in [0.15, 0.2) is 0 Å². The van der Waals surface area contributed by atoms with Gasteiger partial charge in [0.05, 0.1) is 5.69 Å². The van der Waals surface area contributed by atoms with Crippen LogP contribution >= 0.6 is 0 Å². The lowest BCUT2D eigenvalue weighted by molar-refractivity contribution is 0.720. The number of aromatic nitrogens is 7. The fraction of sp³-hybridized carbons (Fsp3) is 0. The minimum atomic E-state index is 0.485. The monoisotopic (exact) mass is 301 g/mol. The second-order valence-electron chi connectivity index (χ2n) is 4.79. The lowest BCUT2D eigenvalue weighted by Crippen LogP contribution is -1.99. The van der Waals surface area contributed by atoms with Gasteiger partial charge in [-0.2, -0.15) is 0 Å². The maximum absolute atomic E-state index is 4.39. The Hall–Kier alpha value is -3.48. The van der Waals surface area contributed by atoms with Gasteiger partial charge in [-0.05, 0) is 35.0 Å². The molecule has 0 aliphatic heterocycles. The van der Waals surface area contributed by atoms with Crippen LogP contribution in [0.5, 0.6) is 0 Å². The first-order valence-electron chi connectivity index (χ1n) is 6.97. The van der Waals surface area contributed by atoms with Crippen molar-refractivity contribution in [2.24, 2.45) is 0 Å². The maximum atomic E-state index is 4.39. The summed E-state index contributed by atoms with van der Waals surface area (Å²) < 4.78 is 0. The second-order valence-corrected chi connectivity index (χ2v) is 4.79. The highest BCUT2D eigenvalue weighted by molar-refractivity contribution is 5.64. The quantitative estimate of drug-likeness (QED) is 0.577. The van der Waals surface area contributed by atoms with E-state index < -0.39 is 0 Å². The summed E-state index contributed by atoms with van der Waals surface area (Å²) in [5, 5.41) is 12.5. The number of benzene rings is 1. The van der Waals surface area contributed by atoms with Crippen molar-refractivity contribution in [1.82, 2.24) is 35.2 Å². The normalized spacial score (nSPS) is 10.6. The molecular formula is C16H11N7. The van der Waals surface area contributed by atoms with E-state index in [0.29, 0.717) is 11.5 Å². The van der Waals surface area contributed by atoms with Crippen molar-refractivity contribution in [2.75, 3.05) is 0 Å². The molecule has 0 saturated carbocycles. The Bertz CT molecular complexity index is 919. The number of hydrogen-bond donors (Lipinski definition) is 0. The van der Waals surface area contributed by atoms with Gasteiger partial charge < -0.3 is 0 Å². The van der Waals surface area contributed by atoms with E-state index in [0.717, 1.165) is 16.8 Å². The van der Waals surface area contributed by atoms with Crippen molar-refractivity contribution in [1.29, 1.82) is 0 Å². The van der Waals surface area contributed by atoms with Gasteiger partial charge in [-0.3, -0.25) is 4.98 Å². The van der Waals surface area contributed by atoms with Crippen LogP contribution in [-0.4, -0.2) is 35.2 Å². The Labute approximate surface area is 131 Å². The molecule has 0 amide bonds. The molecule has 3 aromatic heterocycles. The second kappa shape index (κ2) is 5.72. The molecule has 0 radical (unpaired) electrons. The van der Waals surface area contributed by atoms with Crippen LogP contribution in [0.25, 0.3) is 28.3 Å². The molecule has 0 unspecified atom stereocenters. The van der Waals surface area contributed by atoms with Gasteiger partial charge in [0.2, 0.25) is 5.82 Å². The van der Waals surface area contributed by atoms with Crippen molar-refractivity contribution in [3.63, 3.8) is 0 Å². The van der Waals surface area contributed by atoms with Gasteiger partial charge in [-0.1, -0.05) is 18.2 Å². The molecule has 0 saturated heterocycles. The van der Waals surface area contributed by atoms with E-state index >= 15 is 0 Å². The highest BCUT2D eigenvalue weighted by atomic mass is 15.6. The van der Waals surface area contributed by atoms with E-state index in [1.807, 2.05) is 42.5 Å². The Balaban J connectivity index is 1.71. The first-order chi connectivity index (χ1) is 11.4. The standard InChI is InChI=1S/C16H11N7/c1-2-7-19-15(6-1)16-20-22-23(21-16)14-5-3-4-12(8-14)13-9-17-11-18-10-13/h1-11H. The minimum absolute atomic E-state index is 0.485. The van der Waals surface area contributed by atoms with Crippen molar-refractivity contribution in [3.05, 3.63) is 67.4 Å². The summed E-state index contributed by atoms with van der Waals surface area (Å²) in [5.41, 5.74) is 3.41. The van der Waals surface area contributed by atoms with Gasteiger partial charge in [0, 0.05) is 24.2 Å². The van der Waals surface area contributed by atoms with Crippen LogP contribution < -0.4 is 0 Å². The molecule has 0 fully saturated rings. The zero-order valence-corrected chi connectivity index (χ0v) is 12.0. The average Bonchev–Trinajstić information content (AvgIpc) is 3.14. The van der Waals surface area contributed by atoms with E-state index in [4.69, 9.17) is 0 Å². The summed E-state index contributed by atoms with van der Waals surface area (Å²) in [5.74, 6) is 0.485. The average molecular weight is 301 g/mol. The molecule has 110 valence electrons. The summed E-state index contributed by atoms with van der Waals surface area (Å²) in [4.78, 5) is 13.8. The van der Waals surface area contributed by atoms with E-state index in [9.17, 15) is 0 Å². The van der Waals surface area contributed by atoms with Crippen LogP contribution in [0.4, 0.5) is 0 Å². The molecule has 0 aliphatic rings. The van der Waals surface area contributed by atoms with Crippen molar-refractivity contribution in [2.45, 2.75) is 0 Å². The van der Waals surface area contributed by atoms with Gasteiger partial charge >= 0.3 is 0 Å². The Morgan fingerprint density at radius 2 is 1.78 bits per heavy atom. The zero-order chi connectivity index (χ0) is 15.5. The predicted molar refractivity (Wildman–Crippen MR) is 83.4 cm³/mol. The first kappa shape index (κ1) is 13.2. The Morgan fingerprint density at radius 3 is 2.61 bits per heavy atom. The number of hydrogen-bond acceptors (Lipinski definition) is 6. The molecule has 3 heterocycles. The zero-order valence-electron chi connectivity index (χ0n) is 12.0. The van der Waals surface area contributed by atoms with Gasteiger partial charge in [-0.25, -0.2) is 9.97 Å². The summed E-state index contributed by atoms with van der Waals surface area (Å²) in [7, 11) is 0. The molecule has 4 rings (SSSR count). The molecule has 23 heavy (non-hydrogen) atoms. The van der Waals surface area contributed by atoms with Gasteiger partial charge in [-0.15, -0.1) is 15.0 Å². The molecule has 7 heteroatoms. The SMILES string of the molecule is c1ccc(-c2nnn(-c3cccc(-c4cncnc4)c3)n2)nc1. The third-order valence-corrected chi connectivity index (χ3v) is 3.28. The fourth-order valence-electron chi connectivity index (χ4n) is 2.18. The highest BCUT2D eigenvalue weighted by Crippen LogP contribution is 2.20. The molecule has 4 aromatic rings. The fourth-order valence-corrected chi connectivity index (χ4v) is 2.18. The van der Waals surface area contributed by atoms with Crippen LogP contribution in [0, 0.1) is 0 Å². The molecule has 7 nitrogen and oxygen atoms in total. The van der Waals surface area contributed by atoms with Crippen LogP contribution in [0.1, 0.15) is 0 Å². The summed E-state index contributed by atoms with van der Waals surface area (Å²) >= 11 is 0. The van der Waals surface area contributed by atoms with Crippen LogP contribution in [0.2, 0.25) is 0 Å². The van der Waals surface area contributed by atoms with Gasteiger partial charge in [0.1, 0.15) is 12.0 Å². The summed E-state index contributed by atoms with van der Waals surface area (Å²) in [6.45, 7) is 0. The molecule has 0 atom stereocenters. The van der Waals surface area contributed by atoms with E-state index in [1.165, 1.54) is 11.1 Å². The third kappa shape index (κ3) is 2.67. The largest absolute Gasteiger partial charge is 0.253 e. The lowest BCUT2D eigenvalue weighted by Gasteiger charge is -2.03. The Morgan fingerprint density at radius 1 is 0.870 bits per heavy atom. The van der Waals surface area contributed by atoms with Gasteiger partial charge in [0.25, 0.3) is 0 Å². The van der Waals surface area contributed by atoms with Crippen molar-refractivity contribution < 1.29 is 0 Å². The molecule has 0 spiro atoms. The predicted octanol–water partition coefficient (Wildman–Crippen LogP) is 2.18. The number of rotatable bonds is 3.